The summed E-state index contributed by atoms with van der Waals surface area (Å²) in [5.74, 6) is 0.643. The van der Waals surface area contributed by atoms with Crippen molar-refractivity contribution in [1.29, 1.82) is 0 Å². The second-order valence-corrected chi connectivity index (χ2v) is 3.61. The predicted octanol–water partition coefficient (Wildman–Crippen LogP) is 1.73. The number of nitrogens with zero attached hydrogens (tertiary/aromatic N) is 1. The van der Waals surface area contributed by atoms with Gasteiger partial charge in [-0.25, -0.2) is 4.98 Å². The van der Waals surface area contributed by atoms with E-state index in [-0.39, 0.29) is 0 Å². The van der Waals surface area contributed by atoms with Gasteiger partial charge in [-0.2, -0.15) is 0 Å². The van der Waals surface area contributed by atoms with Crippen LogP contribution in [0.4, 0.5) is 0 Å². The average molecular weight is 183 g/mol. The van der Waals surface area contributed by atoms with E-state index in [9.17, 15) is 0 Å². The highest BCUT2D eigenvalue weighted by Gasteiger charge is 2.19. The molecular formula is C9H11ClN2. The molecule has 0 aromatic carbocycles. The third kappa shape index (κ3) is 1.45. The van der Waals surface area contributed by atoms with Crippen LogP contribution in [0.15, 0.2) is 12.1 Å². The number of rotatable bonds is 1. The highest BCUT2D eigenvalue weighted by Crippen LogP contribution is 2.22. The van der Waals surface area contributed by atoms with Crippen LogP contribution in [0.1, 0.15) is 17.2 Å². The zero-order valence-corrected chi connectivity index (χ0v) is 7.73. The molecule has 3 heteroatoms. The fourth-order valence-electron chi connectivity index (χ4n) is 1.41. The fraction of sp³-hybridized carbons (Fsp3) is 0.444. The van der Waals surface area contributed by atoms with Gasteiger partial charge in [-0.1, -0.05) is 11.6 Å². The molecule has 64 valence electrons. The number of hydrogen-bond acceptors (Lipinski definition) is 2. The standard InChI is InChI=1S/C9H11ClN2/c1-6-2-7(3-9(10)12-6)8-4-11-5-8/h2-3,8,11H,4-5H2,1H3. The fourth-order valence-corrected chi connectivity index (χ4v) is 1.67. The lowest BCUT2D eigenvalue weighted by Gasteiger charge is -2.27. The highest BCUT2D eigenvalue weighted by atomic mass is 35.5. The van der Waals surface area contributed by atoms with Crippen molar-refractivity contribution in [3.8, 4) is 0 Å². The van der Waals surface area contributed by atoms with E-state index in [1.807, 2.05) is 13.0 Å². The number of nitrogens with one attached hydrogen (secondary N) is 1. The Morgan fingerprint density at radius 1 is 1.50 bits per heavy atom. The molecule has 2 rings (SSSR count). The monoisotopic (exact) mass is 182 g/mol. The minimum Gasteiger partial charge on any atom is -0.315 e. The zero-order valence-electron chi connectivity index (χ0n) is 6.97. The van der Waals surface area contributed by atoms with Gasteiger partial charge in [0.15, 0.2) is 0 Å². The third-order valence-corrected chi connectivity index (χ3v) is 2.39. The summed E-state index contributed by atoms with van der Waals surface area (Å²) in [5, 5.41) is 3.84. The van der Waals surface area contributed by atoms with E-state index in [1.54, 1.807) is 0 Å². The molecule has 0 spiro atoms. The smallest absolute Gasteiger partial charge is 0.129 e. The second-order valence-electron chi connectivity index (χ2n) is 3.22. The SMILES string of the molecule is Cc1cc(C2CNC2)cc(Cl)n1. The van der Waals surface area contributed by atoms with Crippen LogP contribution in [0.5, 0.6) is 0 Å². The first-order valence-corrected chi connectivity index (χ1v) is 4.48. The molecule has 0 bridgehead atoms. The third-order valence-electron chi connectivity index (χ3n) is 2.20. The lowest BCUT2D eigenvalue weighted by molar-refractivity contribution is 0.448. The van der Waals surface area contributed by atoms with Crippen molar-refractivity contribution < 1.29 is 0 Å². The molecule has 1 N–H and O–H groups in total. The maximum atomic E-state index is 5.84. The summed E-state index contributed by atoms with van der Waals surface area (Å²) in [4.78, 5) is 4.12. The molecule has 1 fully saturated rings. The zero-order chi connectivity index (χ0) is 8.55. The second kappa shape index (κ2) is 3.04. The van der Waals surface area contributed by atoms with Crippen LogP contribution < -0.4 is 5.32 Å². The molecule has 0 amide bonds. The molecular weight excluding hydrogens is 172 g/mol. The van der Waals surface area contributed by atoms with E-state index in [0.717, 1.165) is 18.8 Å². The Bertz CT molecular complexity index is 274. The minimum atomic E-state index is 0.608. The molecule has 0 radical (unpaired) electrons. The molecule has 1 aliphatic rings. The molecule has 0 aliphatic carbocycles. The van der Waals surface area contributed by atoms with E-state index in [1.165, 1.54) is 5.56 Å². The van der Waals surface area contributed by atoms with Crippen molar-refractivity contribution >= 4 is 11.6 Å². The summed E-state index contributed by atoms with van der Waals surface area (Å²) in [7, 11) is 0. The van der Waals surface area contributed by atoms with Gasteiger partial charge >= 0.3 is 0 Å². The van der Waals surface area contributed by atoms with E-state index >= 15 is 0 Å². The molecule has 0 saturated carbocycles. The largest absolute Gasteiger partial charge is 0.315 e. The van der Waals surface area contributed by atoms with Gasteiger partial charge in [0.2, 0.25) is 0 Å². The maximum absolute atomic E-state index is 5.84. The van der Waals surface area contributed by atoms with Crippen molar-refractivity contribution in [1.82, 2.24) is 10.3 Å². The first-order chi connectivity index (χ1) is 5.75. The first-order valence-electron chi connectivity index (χ1n) is 4.10. The lowest BCUT2D eigenvalue weighted by atomic mass is 9.94. The van der Waals surface area contributed by atoms with Crippen molar-refractivity contribution in [3.63, 3.8) is 0 Å². The number of pyridine rings is 1. The van der Waals surface area contributed by atoms with Gasteiger partial charge in [-0.3, -0.25) is 0 Å². The minimum absolute atomic E-state index is 0.608. The molecule has 0 unspecified atom stereocenters. The Kier molecular flexibility index (Phi) is 2.03. The number of aromatic nitrogens is 1. The van der Waals surface area contributed by atoms with Gasteiger partial charge in [-0.05, 0) is 24.6 Å². The lowest BCUT2D eigenvalue weighted by Crippen LogP contribution is -2.39. The summed E-state index contributed by atoms with van der Waals surface area (Å²) >= 11 is 5.84. The van der Waals surface area contributed by atoms with Crippen LogP contribution in [0.25, 0.3) is 0 Å². The Morgan fingerprint density at radius 2 is 2.25 bits per heavy atom. The summed E-state index contributed by atoms with van der Waals surface area (Å²) in [6.07, 6.45) is 0. The van der Waals surface area contributed by atoms with Crippen LogP contribution in [0, 0.1) is 6.92 Å². The average Bonchev–Trinajstić information content (AvgIpc) is 1.79. The Hall–Kier alpha value is -0.600. The molecule has 2 nitrogen and oxygen atoms in total. The molecule has 0 atom stereocenters. The molecule has 1 aliphatic heterocycles. The Balaban J connectivity index is 2.30. The van der Waals surface area contributed by atoms with Crippen molar-refractivity contribution in [2.45, 2.75) is 12.8 Å². The van der Waals surface area contributed by atoms with Gasteiger partial charge in [0.05, 0.1) is 0 Å². The molecule has 12 heavy (non-hydrogen) atoms. The van der Waals surface area contributed by atoms with Crippen molar-refractivity contribution in [3.05, 3.63) is 28.5 Å². The summed E-state index contributed by atoms with van der Waals surface area (Å²) < 4.78 is 0. The number of hydrogen-bond donors (Lipinski definition) is 1. The number of aryl methyl sites for hydroxylation is 1. The molecule has 2 heterocycles. The Morgan fingerprint density at radius 3 is 2.75 bits per heavy atom. The summed E-state index contributed by atoms with van der Waals surface area (Å²) in [6, 6.07) is 4.07. The van der Waals surface area contributed by atoms with Crippen molar-refractivity contribution in [2.24, 2.45) is 0 Å². The summed E-state index contributed by atoms with van der Waals surface area (Å²) in [6.45, 7) is 4.11. The number of halogens is 1. The van der Waals surface area contributed by atoms with E-state index in [4.69, 9.17) is 11.6 Å². The quantitative estimate of drug-likeness (QED) is 0.670. The van der Waals surface area contributed by atoms with Crippen LogP contribution in [-0.2, 0) is 0 Å². The topological polar surface area (TPSA) is 24.9 Å². The predicted molar refractivity (Wildman–Crippen MR) is 49.6 cm³/mol. The van der Waals surface area contributed by atoms with Gasteiger partial charge in [0.1, 0.15) is 5.15 Å². The molecule has 1 saturated heterocycles. The molecule has 1 aromatic heterocycles. The van der Waals surface area contributed by atoms with E-state index < -0.39 is 0 Å². The first kappa shape index (κ1) is 8.02. The van der Waals surface area contributed by atoms with Crippen LogP contribution in [0.3, 0.4) is 0 Å². The Labute approximate surface area is 77.0 Å². The van der Waals surface area contributed by atoms with Gasteiger partial charge in [0, 0.05) is 24.7 Å². The van der Waals surface area contributed by atoms with Gasteiger partial charge in [0.25, 0.3) is 0 Å². The van der Waals surface area contributed by atoms with Gasteiger partial charge in [-0.15, -0.1) is 0 Å². The molecule has 1 aromatic rings. The van der Waals surface area contributed by atoms with Gasteiger partial charge < -0.3 is 5.32 Å². The van der Waals surface area contributed by atoms with E-state index in [0.29, 0.717) is 11.1 Å². The maximum Gasteiger partial charge on any atom is 0.129 e. The van der Waals surface area contributed by atoms with Crippen LogP contribution >= 0.6 is 11.6 Å². The van der Waals surface area contributed by atoms with Crippen molar-refractivity contribution in [2.75, 3.05) is 13.1 Å². The van der Waals surface area contributed by atoms with Crippen LogP contribution in [0.2, 0.25) is 5.15 Å². The normalized spacial score (nSPS) is 17.5. The van der Waals surface area contributed by atoms with Crippen LogP contribution in [-0.4, -0.2) is 18.1 Å². The summed E-state index contributed by atoms with van der Waals surface area (Å²) in [5.41, 5.74) is 2.32. The highest BCUT2D eigenvalue weighted by molar-refractivity contribution is 6.29. The van der Waals surface area contributed by atoms with E-state index in [2.05, 4.69) is 16.4 Å².